The number of ether oxygens (including phenoxy) is 5. The van der Waals surface area contributed by atoms with Gasteiger partial charge in [0.15, 0.2) is 0 Å². The third-order valence-electron chi connectivity index (χ3n) is 7.15. The van der Waals surface area contributed by atoms with Crippen LogP contribution in [-0.2, 0) is 36.1 Å². The summed E-state index contributed by atoms with van der Waals surface area (Å²) in [6, 6.07) is 15.7. The van der Waals surface area contributed by atoms with Crippen molar-refractivity contribution in [3.8, 4) is 11.5 Å². The Morgan fingerprint density at radius 3 is 2.20 bits per heavy atom. The van der Waals surface area contributed by atoms with E-state index in [1.54, 1.807) is 24.5 Å². The molecule has 5 rings (SSSR count). The fourth-order valence-corrected chi connectivity index (χ4v) is 4.89. The van der Waals surface area contributed by atoms with Gasteiger partial charge in [0.2, 0.25) is 5.79 Å². The molecule has 0 saturated carbocycles. The highest BCUT2D eigenvalue weighted by atomic mass is 16.8. The quantitative estimate of drug-likeness (QED) is 0.296. The first kappa shape index (κ1) is 33.8. The maximum atomic E-state index is 11.9. The molecular formula is C32H38N4O10. The van der Waals surface area contributed by atoms with E-state index in [1.807, 2.05) is 66.2 Å². The molecule has 14 heteroatoms. The highest BCUT2D eigenvalue weighted by molar-refractivity contribution is 5.89. The van der Waals surface area contributed by atoms with E-state index >= 15 is 0 Å². The Hall–Kier alpha value is -5.08. The van der Waals surface area contributed by atoms with Gasteiger partial charge in [-0.05, 0) is 55.5 Å². The Balaban J connectivity index is 0.000000533. The van der Waals surface area contributed by atoms with Crippen molar-refractivity contribution >= 4 is 23.7 Å². The number of piperazine rings is 1. The van der Waals surface area contributed by atoms with Crippen molar-refractivity contribution in [1.29, 1.82) is 0 Å². The molecule has 0 bridgehead atoms. The van der Waals surface area contributed by atoms with E-state index in [0.29, 0.717) is 51.6 Å². The van der Waals surface area contributed by atoms with Gasteiger partial charge < -0.3 is 48.3 Å². The van der Waals surface area contributed by atoms with E-state index in [-0.39, 0.29) is 12.2 Å². The first-order valence-electron chi connectivity index (χ1n) is 14.7. The standard InChI is InChI=1S/C28H34N4O6.C4H4O4/c1-3-35-27(33)32-16-14-31(15-17-32)23-6-10-25(11-7-23)36-18-26-19-37-28(38-26,20-30-13-12-29-21-30)22-4-8-24(34-2)9-5-22;5-3(6)1-2-4(7)8/h4-13,21,26H,3,14-20H2,1-2H3;1-2H,(H,5,6)(H,7,8)/b;2-1+. The number of hydrogen-bond acceptors (Lipinski definition) is 10. The fraction of sp³-hybridized carbons (Fsp3) is 0.375. The monoisotopic (exact) mass is 638 g/mol. The highest BCUT2D eigenvalue weighted by Crippen LogP contribution is 2.37. The number of nitrogens with zero attached hydrogens (tertiary/aromatic N) is 4. The van der Waals surface area contributed by atoms with Crippen molar-refractivity contribution in [2.24, 2.45) is 0 Å². The lowest BCUT2D eigenvalue weighted by molar-refractivity contribution is -0.189. The number of imidazole rings is 1. The van der Waals surface area contributed by atoms with Crippen molar-refractivity contribution < 1.29 is 48.3 Å². The van der Waals surface area contributed by atoms with E-state index in [4.69, 9.17) is 33.9 Å². The van der Waals surface area contributed by atoms with Gasteiger partial charge in [-0.1, -0.05) is 0 Å². The molecular weight excluding hydrogens is 600 g/mol. The topological polar surface area (TPSA) is 162 Å². The second-order valence-corrected chi connectivity index (χ2v) is 10.3. The number of rotatable bonds is 11. The summed E-state index contributed by atoms with van der Waals surface area (Å²) in [6.45, 7) is 6.26. The van der Waals surface area contributed by atoms with E-state index < -0.39 is 17.7 Å². The smallest absolute Gasteiger partial charge is 0.409 e. The Labute approximate surface area is 266 Å². The number of carbonyl (C=O) groups excluding carboxylic acids is 1. The van der Waals surface area contributed by atoms with Gasteiger partial charge in [0.25, 0.3) is 0 Å². The van der Waals surface area contributed by atoms with Crippen LogP contribution >= 0.6 is 0 Å². The van der Waals surface area contributed by atoms with Crippen molar-refractivity contribution in [2.45, 2.75) is 25.4 Å². The van der Waals surface area contributed by atoms with Crippen molar-refractivity contribution in [3.05, 3.63) is 85.0 Å². The molecule has 0 radical (unpaired) electrons. The molecule has 2 N–H and O–H groups in total. The minimum absolute atomic E-state index is 0.240. The van der Waals surface area contributed by atoms with Crippen LogP contribution in [0, 0.1) is 0 Å². The second kappa shape index (κ2) is 16.3. The Morgan fingerprint density at radius 1 is 0.978 bits per heavy atom. The highest BCUT2D eigenvalue weighted by Gasteiger charge is 2.44. The van der Waals surface area contributed by atoms with Crippen LogP contribution in [0.3, 0.4) is 0 Å². The molecule has 0 spiro atoms. The van der Waals surface area contributed by atoms with Gasteiger partial charge >= 0.3 is 18.0 Å². The van der Waals surface area contributed by atoms with Crippen LogP contribution in [0.2, 0.25) is 0 Å². The zero-order valence-electron chi connectivity index (χ0n) is 25.7. The van der Waals surface area contributed by atoms with Crippen molar-refractivity contribution in [1.82, 2.24) is 14.5 Å². The zero-order valence-corrected chi connectivity index (χ0v) is 25.7. The number of anilines is 1. The number of benzene rings is 2. The van der Waals surface area contributed by atoms with Crippen LogP contribution < -0.4 is 14.4 Å². The molecule has 246 valence electrons. The summed E-state index contributed by atoms with van der Waals surface area (Å²) >= 11 is 0. The van der Waals surface area contributed by atoms with Crippen LogP contribution in [0.15, 0.2) is 79.4 Å². The lowest BCUT2D eigenvalue weighted by atomic mass is 10.1. The predicted molar refractivity (Wildman–Crippen MR) is 165 cm³/mol. The molecule has 2 aliphatic heterocycles. The lowest BCUT2D eigenvalue weighted by Crippen LogP contribution is -2.48. The molecule has 2 fully saturated rings. The summed E-state index contributed by atoms with van der Waals surface area (Å²) in [4.78, 5) is 39.2. The summed E-state index contributed by atoms with van der Waals surface area (Å²) in [5.41, 5.74) is 2.00. The number of methoxy groups -OCH3 is 1. The average molecular weight is 639 g/mol. The molecule has 1 amide bonds. The van der Waals surface area contributed by atoms with Crippen LogP contribution in [-0.4, -0.2) is 102 Å². The summed E-state index contributed by atoms with van der Waals surface area (Å²) in [6.07, 6.45) is 6.01. The Morgan fingerprint density at radius 2 is 1.63 bits per heavy atom. The largest absolute Gasteiger partial charge is 0.497 e. The number of carbonyl (C=O) groups is 3. The zero-order chi connectivity index (χ0) is 32.9. The summed E-state index contributed by atoms with van der Waals surface area (Å²) in [7, 11) is 1.64. The fourth-order valence-electron chi connectivity index (χ4n) is 4.89. The van der Waals surface area contributed by atoms with Gasteiger partial charge in [0, 0.05) is 62.0 Å². The number of carboxylic acid groups (broad SMARTS) is 2. The minimum atomic E-state index is -1.26. The summed E-state index contributed by atoms with van der Waals surface area (Å²) in [5.74, 6) is -1.93. The minimum Gasteiger partial charge on any atom is -0.497 e. The molecule has 14 nitrogen and oxygen atoms in total. The Bertz CT molecular complexity index is 1420. The third-order valence-corrected chi connectivity index (χ3v) is 7.15. The normalized spacial score (nSPS) is 19.3. The number of hydrogen-bond donors (Lipinski definition) is 2. The molecule has 2 aliphatic rings. The third kappa shape index (κ3) is 9.46. The van der Waals surface area contributed by atoms with E-state index in [0.717, 1.165) is 35.8 Å². The van der Waals surface area contributed by atoms with Gasteiger partial charge in [0.1, 0.15) is 24.2 Å². The first-order chi connectivity index (χ1) is 22.2. The van der Waals surface area contributed by atoms with Crippen molar-refractivity contribution in [3.63, 3.8) is 0 Å². The van der Waals surface area contributed by atoms with Gasteiger partial charge in [-0.3, -0.25) is 0 Å². The lowest BCUT2D eigenvalue weighted by Gasteiger charge is -2.35. The number of carboxylic acids is 2. The molecule has 2 saturated heterocycles. The van der Waals surface area contributed by atoms with E-state index in [9.17, 15) is 14.4 Å². The predicted octanol–water partition coefficient (Wildman–Crippen LogP) is 3.23. The van der Waals surface area contributed by atoms with Crippen LogP contribution in [0.1, 0.15) is 12.5 Å². The molecule has 46 heavy (non-hydrogen) atoms. The summed E-state index contributed by atoms with van der Waals surface area (Å²) < 4.78 is 31.2. The molecule has 2 atom stereocenters. The van der Waals surface area contributed by atoms with Gasteiger partial charge in [-0.2, -0.15) is 0 Å². The second-order valence-electron chi connectivity index (χ2n) is 10.3. The van der Waals surface area contributed by atoms with Gasteiger partial charge in [0.05, 0.1) is 33.2 Å². The maximum Gasteiger partial charge on any atom is 0.409 e. The molecule has 3 aromatic rings. The molecule has 1 aromatic heterocycles. The van der Waals surface area contributed by atoms with E-state index in [1.165, 1.54) is 0 Å². The van der Waals surface area contributed by atoms with Crippen LogP contribution in [0.25, 0.3) is 0 Å². The van der Waals surface area contributed by atoms with E-state index in [2.05, 4.69) is 9.88 Å². The summed E-state index contributed by atoms with van der Waals surface area (Å²) in [5, 5.41) is 15.6. The number of aliphatic carboxylic acids is 2. The molecule has 0 aliphatic carbocycles. The van der Waals surface area contributed by atoms with Gasteiger partial charge in [-0.15, -0.1) is 0 Å². The molecule has 3 heterocycles. The molecule has 2 aromatic carbocycles. The Kier molecular flexibility index (Phi) is 12.0. The number of amides is 1. The molecule has 2 unspecified atom stereocenters. The van der Waals surface area contributed by atoms with Crippen molar-refractivity contribution in [2.75, 3.05) is 58.0 Å². The first-order valence-corrected chi connectivity index (χ1v) is 14.7. The number of aromatic nitrogens is 2. The maximum absolute atomic E-state index is 11.9. The van der Waals surface area contributed by atoms with Crippen LogP contribution in [0.4, 0.5) is 10.5 Å². The average Bonchev–Trinajstić information content (AvgIpc) is 3.74. The van der Waals surface area contributed by atoms with Gasteiger partial charge in [-0.25, -0.2) is 19.4 Å². The van der Waals surface area contributed by atoms with Crippen LogP contribution in [0.5, 0.6) is 11.5 Å². The SMILES string of the molecule is CCOC(=O)N1CCN(c2ccc(OCC3COC(Cn4ccnc4)(c4ccc(OC)cc4)O3)cc2)CC1.O=C(O)/C=C/C(=O)O.